The minimum Gasteiger partial charge on any atom is -0.459 e. The number of carbonyl (C=O) groups excluding carboxylic acids is 2. The Bertz CT molecular complexity index is 913. The molecule has 0 bridgehead atoms. The molecule has 0 aliphatic rings. The Morgan fingerprint density at radius 3 is 2.38 bits per heavy atom. The number of rotatable bonds is 5. The van der Waals surface area contributed by atoms with E-state index < -0.39 is 0 Å². The highest BCUT2D eigenvalue weighted by Crippen LogP contribution is 2.13. The number of benzene rings is 2. The van der Waals surface area contributed by atoms with Crippen molar-refractivity contribution in [1.29, 1.82) is 0 Å². The van der Waals surface area contributed by atoms with E-state index in [1.165, 1.54) is 6.26 Å². The van der Waals surface area contributed by atoms with Gasteiger partial charge in [0.1, 0.15) is 0 Å². The van der Waals surface area contributed by atoms with Crippen LogP contribution in [-0.4, -0.2) is 11.8 Å². The maximum Gasteiger partial charge on any atom is 0.291 e. The lowest BCUT2D eigenvalue weighted by atomic mass is 10.1. The lowest BCUT2D eigenvalue weighted by Crippen LogP contribution is -2.23. The SMILES string of the molecule is Cc1ccc(C(=O)NCc2ccc(NC(=O)c3ccco3)cc2)c(C)c1. The molecule has 1 aromatic heterocycles. The lowest BCUT2D eigenvalue weighted by molar-refractivity contribution is 0.0949. The van der Waals surface area contributed by atoms with Gasteiger partial charge in [0.15, 0.2) is 5.76 Å². The van der Waals surface area contributed by atoms with Gasteiger partial charge in [-0.15, -0.1) is 0 Å². The van der Waals surface area contributed by atoms with Gasteiger partial charge < -0.3 is 15.1 Å². The summed E-state index contributed by atoms with van der Waals surface area (Å²) in [7, 11) is 0. The highest BCUT2D eigenvalue weighted by atomic mass is 16.3. The predicted molar refractivity (Wildman–Crippen MR) is 100 cm³/mol. The first-order valence-corrected chi connectivity index (χ1v) is 8.32. The van der Waals surface area contributed by atoms with Crippen LogP contribution in [0.2, 0.25) is 0 Å². The molecular formula is C21H20N2O3. The number of aryl methyl sites for hydroxylation is 2. The summed E-state index contributed by atoms with van der Waals surface area (Å²) in [5.74, 6) is -0.140. The van der Waals surface area contributed by atoms with E-state index in [1.54, 1.807) is 24.3 Å². The van der Waals surface area contributed by atoms with Crippen LogP contribution in [0, 0.1) is 13.8 Å². The van der Waals surface area contributed by atoms with Crippen LogP contribution in [0.25, 0.3) is 0 Å². The Balaban J connectivity index is 1.57. The molecule has 0 unspecified atom stereocenters. The van der Waals surface area contributed by atoms with E-state index in [2.05, 4.69) is 10.6 Å². The van der Waals surface area contributed by atoms with Crippen molar-refractivity contribution in [2.75, 3.05) is 5.32 Å². The molecule has 0 spiro atoms. The fourth-order valence-corrected chi connectivity index (χ4v) is 2.65. The summed E-state index contributed by atoms with van der Waals surface area (Å²) in [6.45, 7) is 4.35. The van der Waals surface area contributed by atoms with E-state index in [0.29, 0.717) is 17.8 Å². The van der Waals surface area contributed by atoms with Crippen LogP contribution in [0.4, 0.5) is 5.69 Å². The first-order chi connectivity index (χ1) is 12.5. The standard InChI is InChI=1S/C21H20N2O3/c1-14-5-10-18(15(2)12-14)20(24)22-13-16-6-8-17(9-7-16)23-21(25)19-4-3-11-26-19/h3-12H,13H2,1-2H3,(H,22,24)(H,23,25). The summed E-state index contributed by atoms with van der Waals surface area (Å²) >= 11 is 0. The molecule has 2 amide bonds. The molecular weight excluding hydrogens is 328 g/mol. The van der Waals surface area contributed by atoms with E-state index in [4.69, 9.17) is 4.42 Å². The average Bonchev–Trinajstić information content (AvgIpc) is 3.16. The zero-order valence-electron chi connectivity index (χ0n) is 14.7. The van der Waals surface area contributed by atoms with E-state index in [0.717, 1.165) is 16.7 Å². The van der Waals surface area contributed by atoms with E-state index >= 15 is 0 Å². The molecule has 0 radical (unpaired) electrons. The topological polar surface area (TPSA) is 71.3 Å². The quantitative estimate of drug-likeness (QED) is 0.730. The summed E-state index contributed by atoms with van der Waals surface area (Å²) in [5.41, 5.74) is 4.37. The fourth-order valence-electron chi connectivity index (χ4n) is 2.65. The molecule has 2 aromatic carbocycles. The van der Waals surface area contributed by atoms with Crippen molar-refractivity contribution in [1.82, 2.24) is 5.32 Å². The number of carbonyl (C=O) groups is 2. The normalized spacial score (nSPS) is 10.4. The van der Waals surface area contributed by atoms with Gasteiger partial charge in [0.25, 0.3) is 11.8 Å². The lowest BCUT2D eigenvalue weighted by Gasteiger charge is -2.09. The van der Waals surface area contributed by atoms with Gasteiger partial charge in [-0.2, -0.15) is 0 Å². The zero-order valence-corrected chi connectivity index (χ0v) is 14.7. The Hall–Kier alpha value is -3.34. The molecule has 132 valence electrons. The van der Waals surface area contributed by atoms with Crippen LogP contribution in [0.1, 0.15) is 37.6 Å². The largest absolute Gasteiger partial charge is 0.459 e. The number of hydrogen-bond acceptors (Lipinski definition) is 3. The highest BCUT2D eigenvalue weighted by Gasteiger charge is 2.10. The minimum absolute atomic E-state index is 0.0994. The van der Waals surface area contributed by atoms with Crippen molar-refractivity contribution in [2.24, 2.45) is 0 Å². The number of anilines is 1. The Labute approximate surface area is 152 Å². The summed E-state index contributed by atoms with van der Waals surface area (Å²) in [4.78, 5) is 24.2. The van der Waals surface area contributed by atoms with Crippen LogP contribution < -0.4 is 10.6 Å². The molecule has 0 fully saturated rings. The van der Waals surface area contributed by atoms with Crippen molar-refractivity contribution >= 4 is 17.5 Å². The maximum absolute atomic E-state index is 12.3. The van der Waals surface area contributed by atoms with Gasteiger partial charge in [0.05, 0.1) is 6.26 Å². The average molecular weight is 348 g/mol. The van der Waals surface area contributed by atoms with Crippen molar-refractivity contribution in [3.63, 3.8) is 0 Å². The Kier molecular flexibility index (Phi) is 5.17. The molecule has 26 heavy (non-hydrogen) atoms. The molecule has 0 aliphatic heterocycles. The van der Waals surface area contributed by atoms with Crippen LogP contribution in [-0.2, 0) is 6.54 Å². The second-order valence-electron chi connectivity index (χ2n) is 6.13. The highest BCUT2D eigenvalue weighted by molar-refractivity contribution is 6.02. The predicted octanol–water partition coefficient (Wildman–Crippen LogP) is 4.08. The Morgan fingerprint density at radius 2 is 1.73 bits per heavy atom. The molecule has 0 saturated carbocycles. The molecule has 2 N–H and O–H groups in total. The van der Waals surface area contributed by atoms with Crippen molar-refractivity contribution in [3.05, 3.63) is 88.9 Å². The molecule has 3 rings (SSSR count). The number of nitrogens with one attached hydrogen (secondary N) is 2. The molecule has 5 heteroatoms. The molecule has 0 aliphatic carbocycles. The second kappa shape index (κ2) is 7.70. The molecule has 1 heterocycles. The van der Waals surface area contributed by atoms with Gasteiger partial charge in [-0.05, 0) is 55.3 Å². The van der Waals surface area contributed by atoms with Gasteiger partial charge in [-0.25, -0.2) is 0 Å². The summed E-state index contributed by atoms with van der Waals surface area (Å²) in [6, 6.07) is 16.3. The van der Waals surface area contributed by atoms with Crippen LogP contribution in [0.3, 0.4) is 0 Å². The van der Waals surface area contributed by atoms with Crippen molar-refractivity contribution in [3.8, 4) is 0 Å². The molecule has 0 atom stereocenters. The third-order valence-electron chi connectivity index (χ3n) is 4.04. The maximum atomic E-state index is 12.3. The third kappa shape index (κ3) is 4.19. The summed E-state index contributed by atoms with van der Waals surface area (Å²) in [5, 5.41) is 5.67. The number of amides is 2. The van der Waals surface area contributed by atoms with Gasteiger partial charge in [0.2, 0.25) is 0 Å². The second-order valence-corrected chi connectivity index (χ2v) is 6.13. The van der Waals surface area contributed by atoms with Crippen molar-refractivity contribution < 1.29 is 14.0 Å². The van der Waals surface area contributed by atoms with Gasteiger partial charge in [-0.1, -0.05) is 29.8 Å². The summed E-state index contributed by atoms with van der Waals surface area (Å²) in [6.07, 6.45) is 1.45. The van der Waals surface area contributed by atoms with Gasteiger partial charge in [0, 0.05) is 17.8 Å². The number of furan rings is 1. The minimum atomic E-state index is -0.300. The van der Waals surface area contributed by atoms with E-state index in [-0.39, 0.29) is 17.6 Å². The summed E-state index contributed by atoms with van der Waals surface area (Å²) < 4.78 is 5.06. The van der Waals surface area contributed by atoms with Gasteiger partial charge >= 0.3 is 0 Å². The van der Waals surface area contributed by atoms with E-state index in [9.17, 15) is 9.59 Å². The van der Waals surface area contributed by atoms with Crippen LogP contribution in [0.15, 0.2) is 65.3 Å². The van der Waals surface area contributed by atoms with Crippen LogP contribution >= 0.6 is 0 Å². The third-order valence-corrected chi connectivity index (χ3v) is 4.04. The van der Waals surface area contributed by atoms with Crippen molar-refractivity contribution in [2.45, 2.75) is 20.4 Å². The molecule has 3 aromatic rings. The smallest absolute Gasteiger partial charge is 0.291 e. The fraction of sp³-hybridized carbons (Fsp3) is 0.143. The zero-order chi connectivity index (χ0) is 18.5. The van der Waals surface area contributed by atoms with E-state index in [1.807, 2.05) is 44.2 Å². The monoisotopic (exact) mass is 348 g/mol. The van der Waals surface area contributed by atoms with Gasteiger partial charge in [-0.3, -0.25) is 9.59 Å². The Morgan fingerprint density at radius 1 is 0.962 bits per heavy atom. The first-order valence-electron chi connectivity index (χ1n) is 8.32. The first kappa shape index (κ1) is 17.5. The molecule has 5 nitrogen and oxygen atoms in total. The molecule has 0 saturated heterocycles. The van der Waals surface area contributed by atoms with Crippen LogP contribution in [0.5, 0.6) is 0 Å². The number of hydrogen-bond donors (Lipinski definition) is 2.